The standard InChI is InChI=1S/C22H17Cl2FN4O3S/c1-11-9-27-10-16(19(11)24)29-21(30)20-15(28(22(29)31)5-3-4-26)8-18(33-20)12-6-17(32-2)14(25)7-13(12)23/h6-10,15,20H,3,5H2,1-2H3. The molecule has 0 saturated carbocycles. The number of imide groups is 1. The molecule has 33 heavy (non-hydrogen) atoms. The number of anilines is 1. The highest BCUT2D eigenvalue weighted by molar-refractivity contribution is 8.09. The summed E-state index contributed by atoms with van der Waals surface area (Å²) >= 11 is 13.9. The lowest BCUT2D eigenvalue weighted by atomic mass is 10.0. The van der Waals surface area contributed by atoms with E-state index in [0.29, 0.717) is 16.0 Å². The second kappa shape index (κ2) is 9.21. The van der Waals surface area contributed by atoms with Gasteiger partial charge in [-0.3, -0.25) is 9.78 Å². The summed E-state index contributed by atoms with van der Waals surface area (Å²) in [7, 11) is 1.34. The maximum Gasteiger partial charge on any atom is 0.332 e. The fourth-order valence-electron chi connectivity index (χ4n) is 3.77. The van der Waals surface area contributed by atoms with E-state index in [1.54, 1.807) is 13.0 Å². The Kier molecular flexibility index (Phi) is 6.52. The number of aryl methyl sites for hydroxylation is 1. The van der Waals surface area contributed by atoms with Crippen molar-refractivity contribution in [2.75, 3.05) is 18.6 Å². The van der Waals surface area contributed by atoms with Gasteiger partial charge in [0.25, 0.3) is 5.91 Å². The molecule has 1 aromatic heterocycles. The molecule has 11 heteroatoms. The van der Waals surface area contributed by atoms with Crippen LogP contribution in [0.1, 0.15) is 17.5 Å². The Hall–Kier alpha value is -2.80. The number of urea groups is 1. The van der Waals surface area contributed by atoms with Crippen LogP contribution in [0.3, 0.4) is 0 Å². The Bertz CT molecular complexity index is 1230. The van der Waals surface area contributed by atoms with Gasteiger partial charge in [-0.2, -0.15) is 5.26 Å². The quantitative estimate of drug-likeness (QED) is 0.563. The van der Waals surface area contributed by atoms with Crippen molar-refractivity contribution < 1.29 is 18.7 Å². The van der Waals surface area contributed by atoms with E-state index in [-0.39, 0.29) is 34.4 Å². The van der Waals surface area contributed by atoms with E-state index in [1.165, 1.54) is 42.2 Å². The number of nitriles is 1. The average Bonchev–Trinajstić information content (AvgIpc) is 3.22. The predicted molar refractivity (Wildman–Crippen MR) is 125 cm³/mol. The molecule has 0 spiro atoms. The number of hydrogen-bond acceptors (Lipinski definition) is 6. The molecule has 1 aromatic carbocycles. The van der Waals surface area contributed by atoms with Crippen LogP contribution in [0.5, 0.6) is 5.75 Å². The van der Waals surface area contributed by atoms with Crippen LogP contribution in [0.4, 0.5) is 14.9 Å². The summed E-state index contributed by atoms with van der Waals surface area (Å²) in [6.07, 6.45) is 4.72. The zero-order chi connectivity index (χ0) is 23.9. The van der Waals surface area contributed by atoms with Gasteiger partial charge in [-0.05, 0) is 30.7 Å². The van der Waals surface area contributed by atoms with Crippen LogP contribution in [0.2, 0.25) is 10.0 Å². The van der Waals surface area contributed by atoms with E-state index in [9.17, 15) is 14.0 Å². The number of pyridine rings is 1. The van der Waals surface area contributed by atoms with Gasteiger partial charge in [0.15, 0.2) is 11.6 Å². The van der Waals surface area contributed by atoms with E-state index in [0.717, 1.165) is 11.0 Å². The first-order chi connectivity index (χ1) is 15.8. The first-order valence-corrected chi connectivity index (χ1v) is 11.5. The lowest BCUT2D eigenvalue weighted by Gasteiger charge is -2.41. The minimum atomic E-state index is -0.708. The summed E-state index contributed by atoms with van der Waals surface area (Å²) in [6, 6.07) is 3.43. The number of hydrogen-bond donors (Lipinski definition) is 0. The number of ether oxygens (including phenoxy) is 1. The summed E-state index contributed by atoms with van der Waals surface area (Å²) in [5.41, 5.74) is 1.28. The Morgan fingerprint density at radius 3 is 2.76 bits per heavy atom. The molecule has 3 amide bonds. The van der Waals surface area contributed by atoms with Gasteiger partial charge in [0.2, 0.25) is 0 Å². The van der Waals surface area contributed by atoms with Crippen molar-refractivity contribution in [1.82, 2.24) is 9.88 Å². The minimum Gasteiger partial charge on any atom is -0.494 e. The van der Waals surface area contributed by atoms with E-state index < -0.39 is 29.0 Å². The minimum absolute atomic E-state index is 0.00811. The van der Waals surface area contributed by atoms with E-state index >= 15 is 0 Å². The Morgan fingerprint density at radius 2 is 2.06 bits per heavy atom. The summed E-state index contributed by atoms with van der Waals surface area (Å²) in [4.78, 5) is 34.1. The molecule has 0 radical (unpaired) electrons. The number of nitrogens with zero attached hydrogens (tertiary/aromatic N) is 4. The Labute approximate surface area is 203 Å². The maximum atomic E-state index is 14.0. The summed E-state index contributed by atoms with van der Waals surface area (Å²) < 4.78 is 19.1. The zero-order valence-electron chi connectivity index (χ0n) is 17.5. The molecule has 0 N–H and O–H groups in total. The van der Waals surface area contributed by atoms with Crippen molar-refractivity contribution >= 4 is 57.5 Å². The van der Waals surface area contributed by atoms with E-state index in [1.807, 2.05) is 6.07 Å². The Morgan fingerprint density at radius 1 is 1.30 bits per heavy atom. The molecule has 7 nitrogen and oxygen atoms in total. The highest BCUT2D eigenvalue weighted by Crippen LogP contribution is 2.48. The molecule has 2 aliphatic rings. The van der Waals surface area contributed by atoms with E-state index in [2.05, 4.69) is 4.98 Å². The molecule has 0 bridgehead atoms. The fourth-order valence-corrected chi connectivity index (χ4v) is 5.62. The molecule has 2 aliphatic heterocycles. The van der Waals surface area contributed by atoms with Gasteiger partial charge in [-0.1, -0.05) is 23.2 Å². The molecule has 2 aromatic rings. The number of carbonyl (C=O) groups is 2. The van der Waals surface area contributed by atoms with Crippen LogP contribution in [0.25, 0.3) is 4.91 Å². The molecule has 1 saturated heterocycles. The van der Waals surface area contributed by atoms with Crippen LogP contribution < -0.4 is 9.64 Å². The lowest BCUT2D eigenvalue weighted by molar-refractivity contribution is -0.119. The number of amides is 3. The third kappa shape index (κ3) is 4.03. The third-order valence-electron chi connectivity index (χ3n) is 5.40. The maximum absolute atomic E-state index is 14.0. The molecule has 2 atom stereocenters. The third-order valence-corrected chi connectivity index (χ3v) is 7.54. The highest BCUT2D eigenvalue weighted by atomic mass is 35.5. The average molecular weight is 507 g/mol. The number of halogens is 3. The molecule has 0 aliphatic carbocycles. The second-order valence-corrected chi connectivity index (χ2v) is 9.34. The fraction of sp³-hybridized carbons (Fsp3) is 0.273. The first-order valence-electron chi connectivity index (χ1n) is 9.82. The van der Waals surface area contributed by atoms with Crippen molar-refractivity contribution in [3.05, 3.63) is 57.6 Å². The number of fused-ring (bicyclic) bond motifs is 1. The van der Waals surface area contributed by atoms with Crippen LogP contribution in [-0.2, 0) is 4.79 Å². The number of benzene rings is 1. The number of thioether (sulfide) groups is 1. The van der Waals surface area contributed by atoms with Gasteiger partial charge >= 0.3 is 6.03 Å². The van der Waals surface area contributed by atoms with E-state index in [4.69, 9.17) is 33.2 Å². The smallest absolute Gasteiger partial charge is 0.332 e. The molecule has 4 rings (SSSR count). The van der Waals surface area contributed by atoms with Gasteiger partial charge in [0, 0.05) is 23.2 Å². The van der Waals surface area contributed by atoms with Crippen LogP contribution >= 0.6 is 35.0 Å². The van der Waals surface area contributed by atoms with Crippen molar-refractivity contribution in [3.8, 4) is 11.8 Å². The summed E-state index contributed by atoms with van der Waals surface area (Å²) in [5, 5.41) is 8.79. The van der Waals surface area contributed by atoms with Crippen molar-refractivity contribution in [3.63, 3.8) is 0 Å². The van der Waals surface area contributed by atoms with Crippen LogP contribution in [-0.4, -0.2) is 46.8 Å². The van der Waals surface area contributed by atoms with Gasteiger partial charge < -0.3 is 9.64 Å². The molecular formula is C22H17Cl2FN4O3S. The largest absolute Gasteiger partial charge is 0.494 e. The number of methoxy groups -OCH3 is 1. The van der Waals surface area contributed by atoms with Crippen LogP contribution in [0, 0.1) is 24.1 Å². The van der Waals surface area contributed by atoms with Gasteiger partial charge in [0.1, 0.15) is 5.25 Å². The summed E-state index contributed by atoms with van der Waals surface area (Å²) in [5.74, 6) is -1.07. The first kappa shape index (κ1) is 23.4. The van der Waals surface area contributed by atoms with Gasteiger partial charge in [-0.15, -0.1) is 11.8 Å². The summed E-state index contributed by atoms with van der Waals surface area (Å²) in [6.45, 7) is 1.84. The van der Waals surface area contributed by atoms with Crippen molar-refractivity contribution in [2.24, 2.45) is 0 Å². The van der Waals surface area contributed by atoms with Gasteiger partial charge in [-0.25, -0.2) is 14.1 Å². The molecule has 2 unspecified atom stereocenters. The monoisotopic (exact) mass is 506 g/mol. The SMILES string of the molecule is COc1cc(C2=CC3C(S2)C(=O)N(c2cncc(C)c2Cl)C(=O)N3CCC#N)c(Cl)cc1F. The molecule has 3 heterocycles. The van der Waals surface area contributed by atoms with Crippen molar-refractivity contribution in [2.45, 2.75) is 24.6 Å². The second-order valence-electron chi connectivity index (χ2n) is 7.37. The topological polar surface area (TPSA) is 86.5 Å². The van der Waals surface area contributed by atoms with Gasteiger partial charge in [0.05, 0.1) is 47.6 Å². The normalized spacial score (nSPS) is 19.9. The molecule has 1 fully saturated rings. The molecular weight excluding hydrogens is 490 g/mol. The lowest BCUT2D eigenvalue weighted by Crippen LogP contribution is -2.62. The highest BCUT2D eigenvalue weighted by Gasteiger charge is 2.50. The van der Waals surface area contributed by atoms with Crippen LogP contribution in [0.15, 0.2) is 30.6 Å². The van der Waals surface area contributed by atoms with Crippen molar-refractivity contribution in [1.29, 1.82) is 5.26 Å². The predicted octanol–water partition coefficient (Wildman–Crippen LogP) is 5.05. The number of rotatable bonds is 5. The molecule has 170 valence electrons. The number of aromatic nitrogens is 1. The number of carbonyl (C=O) groups excluding carboxylic acids is 2. The zero-order valence-corrected chi connectivity index (χ0v) is 19.8. The Balaban J connectivity index is 1.78.